The average molecular weight is 267 g/mol. The molecule has 2 rings (SSSR count). The van der Waals surface area contributed by atoms with Crippen LogP contribution in [-0.2, 0) is 4.79 Å². The van der Waals surface area contributed by atoms with E-state index in [-0.39, 0.29) is 5.91 Å². The van der Waals surface area contributed by atoms with Crippen molar-refractivity contribution in [1.29, 1.82) is 0 Å². The van der Waals surface area contributed by atoms with E-state index in [0.29, 0.717) is 18.5 Å². The van der Waals surface area contributed by atoms with Gasteiger partial charge in [-0.25, -0.2) is 0 Å². The molecule has 19 heavy (non-hydrogen) atoms. The summed E-state index contributed by atoms with van der Waals surface area (Å²) in [6, 6.07) is 0.403. The molecule has 1 saturated heterocycles. The summed E-state index contributed by atoms with van der Waals surface area (Å²) in [4.78, 5) is 14.5. The van der Waals surface area contributed by atoms with Crippen LogP contribution in [0, 0.1) is 5.92 Å². The summed E-state index contributed by atoms with van der Waals surface area (Å²) in [5.74, 6) is 0.859. The van der Waals surface area contributed by atoms with Crippen LogP contribution in [0.1, 0.15) is 45.4 Å². The third-order valence-corrected chi connectivity index (χ3v) is 4.51. The molecule has 2 unspecified atom stereocenters. The molecular formula is C15H29N3O. The van der Waals surface area contributed by atoms with Crippen molar-refractivity contribution in [1.82, 2.24) is 15.5 Å². The first-order valence-electron chi connectivity index (χ1n) is 7.98. The van der Waals surface area contributed by atoms with Crippen LogP contribution in [0.4, 0.5) is 0 Å². The first kappa shape index (κ1) is 14.8. The number of amides is 1. The number of rotatable bonds is 3. The van der Waals surface area contributed by atoms with Crippen LogP contribution < -0.4 is 10.6 Å². The van der Waals surface area contributed by atoms with Crippen molar-refractivity contribution in [2.45, 2.75) is 51.5 Å². The van der Waals surface area contributed by atoms with Gasteiger partial charge >= 0.3 is 0 Å². The van der Waals surface area contributed by atoms with Gasteiger partial charge in [0.05, 0.1) is 6.54 Å². The Morgan fingerprint density at radius 1 is 1.16 bits per heavy atom. The van der Waals surface area contributed by atoms with Crippen LogP contribution in [0.5, 0.6) is 0 Å². The van der Waals surface area contributed by atoms with Gasteiger partial charge in [0.2, 0.25) is 5.91 Å². The summed E-state index contributed by atoms with van der Waals surface area (Å²) in [7, 11) is 0. The van der Waals surface area contributed by atoms with Crippen LogP contribution in [0.25, 0.3) is 0 Å². The third kappa shape index (κ3) is 5.11. The second-order valence-electron chi connectivity index (χ2n) is 6.17. The summed E-state index contributed by atoms with van der Waals surface area (Å²) in [6.45, 7) is 6.98. The molecule has 0 aromatic rings. The normalized spacial score (nSPS) is 30.4. The molecule has 1 aliphatic heterocycles. The Morgan fingerprint density at radius 3 is 2.89 bits per heavy atom. The summed E-state index contributed by atoms with van der Waals surface area (Å²) in [5, 5.41) is 6.65. The van der Waals surface area contributed by atoms with E-state index in [1.807, 2.05) is 0 Å². The Labute approximate surface area is 117 Å². The number of hydrogen-bond donors (Lipinski definition) is 2. The van der Waals surface area contributed by atoms with Crippen LogP contribution in [0.15, 0.2) is 0 Å². The first-order valence-corrected chi connectivity index (χ1v) is 7.98. The summed E-state index contributed by atoms with van der Waals surface area (Å²) in [6.07, 6.45) is 7.49. The Balaban J connectivity index is 1.75. The lowest BCUT2D eigenvalue weighted by atomic mass is 9.97. The molecular weight excluding hydrogens is 238 g/mol. The maximum Gasteiger partial charge on any atom is 0.234 e. The third-order valence-electron chi connectivity index (χ3n) is 4.51. The van der Waals surface area contributed by atoms with Crippen molar-refractivity contribution < 1.29 is 4.79 Å². The van der Waals surface area contributed by atoms with E-state index < -0.39 is 0 Å². The molecule has 0 aromatic carbocycles. The fourth-order valence-electron chi connectivity index (χ4n) is 3.22. The van der Waals surface area contributed by atoms with Crippen LogP contribution in [-0.4, -0.2) is 49.6 Å². The molecule has 2 N–H and O–H groups in total. The maximum absolute atomic E-state index is 12.2. The molecule has 1 amide bonds. The number of nitrogens with one attached hydrogen (secondary N) is 2. The van der Waals surface area contributed by atoms with Gasteiger partial charge in [-0.15, -0.1) is 0 Å². The molecule has 0 aromatic heterocycles. The predicted molar refractivity (Wildman–Crippen MR) is 78.1 cm³/mol. The zero-order valence-electron chi connectivity index (χ0n) is 12.3. The van der Waals surface area contributed by atoms with Crippen molar-refractivity contribution in [3.05, 3.63) is 0 Å². The van der Waals surface area contributed by atoms with Crippen LogP contribution >= 0.6 is 0 Å². The molecule has 1 saturated carbocycles. The zero-order valence-corrected chi connectivity index (χ0v) is 12.3. The summed E-state index contributed by atoms with van der Waals surface area (Å²) >= 11 is 0. The van der Waals surface area contributed by atoms with Crippen molar-refractivity contribution in [3.63, 3.8) is 0 Å². The minimum atomic E-state index is 0.223. The molecule has 2 fully saturated rings. The molecule has 110 valence electrons. The molecule has 1 heterocycles. The van der Waals surface area contributed by atoms with Gasteiger partial charge in [-0.3, -0.25) is 9.69 Å². The van der Waals surface area contributed by atoms with Gasteiger partial charge in [0.1, 0.15) is 0 Å². The Morgan fingerprint density at radius 2 is 2.00 bits per heavy atom. The molecule has 0 bridgehead atoms. The van der Waals surface area contributed by atoms with Gasteiger partial charge in [0, 0.05) is 19.1 Å². The highest BCUT2D eigenvalue weighted by Crippen LogP contribution is 2.22. The summed E-state index contributed by atoms with van der Waals surface area (Å²) < 4.78 is 0. The van der Waals surface area contributed by atoms with Gasteiger partial charge in [-0.1, -0.05) is 26.2 Å². The van der Waals surface area contributed by atoms with Gasteiger partial charge in [-0.2, -0.15) is 0 Å². The number of carbonyl (C=O) groups excluding carboxylic acids is 1. The minimum Gasteiger partial charge on any atom is -0.352 e. The SMILES string of the molecule is CC1CCCCCC1NC(=O)CN1CCCNCC1. The van der Waals surface area contributed by atoms with Crippen molar-refractivity contribution >= 4 is 5.91 Å². The van der Waals surface area contributed by atoms with E-state index in [1.165, 1.54) is 25.7 Å². The van der Waals surface area contributed by atoms with E-state index >= 15 is 0 Å². The molecule has 0 radical (unpaired) electrons. The highest BCUT2D eigenvalue weighted by Gasteiger charge is 2.22. The topological polar surface area (TPSA) is 44.4 Å². The molecule has 1 aliphatic carbocycles. The lowest BCUT2D eigenvalue weighted by Gasteiger charge is -2.25. The summed E-state index contributed by atoms with van der Waals surface area (Å²) in [5.41, 5.74) is 0. The monoisotopic (exact) mass is 267 g/mol. The van der Waals surface area contributed by atoms with E-state index in [1.54, 1.807) is 0 Å². The van der Waals surface area contributed by atoms with Crippen LogP contribution in [0.3, 0.4) is 0 Å². The molecule has 4 nitrogen and oxygen atoms in total. The standard InChI is InChI=1S/C15H29N3O/c1-13-6-3-2-4-7-14(13)17-15(19)12-18-10-5-8-16-9-11-18/h13-14,16H,2-12H2,1H3,(H,17,19). The Kier molecular flexibility index (Phi) is 6.11. The van der Waals surface area contributed by atoms with Crippen LogP contribution in [0.2, 0.25) is 0 Å². The van der Waals surface area contributed by atoms with Gasteiger partial charge in [0.15, 0.2) is 0 Å². The van der Waals surface area contributed by atoms with E-state index in [2.05, 4.69) is 22.5 Å². The number of hydrogen-bond acceptors (Lipinski definition) is 3. The Hall–Kier alpha value is -0.610. The van der Waals surface area contributed by atoms with E-state index in [0.717, 1.165) is 39.0 Å². The first-order chi connectivity index (χ1) is 9.25. The fourth-order valence-corrected chi connectivity index (χ4v) is 3.22. The van der Waals surface area contributed by atoms with Gasteiger partial charge in [0.25, 0.3) is 0 Å². The van der Waals surface area contributed by atoms with Gasteiger partial charge < -0.3 is 10.6 Å². The molecule has 4 heteroatoms. The second-order valence-corrected chi connectivity index (χ2v) is 6.17. The molecule has 2 atom stereocenters. The van der Waals surface area contributed by atoms with Crippen molar-refractivity contribution in [2.75, 3.05) is 32.7 Å². The van der Waals surface area contributed by atoms with E-state index in [9.17, 15) is 4.79 Å². The van der Waals surface area contributed by atoms with Crippen molar-refractivity contribution in [3.8, 4) is 0 Å². The lowest BCUT2D eigenvalue weighted by molar-refractivity contribution is -0.123. The van der Waals surface area contributed by atoms with Crippen molar-refractivity contribution in [2.24, 2.45) is 5.92 Å². The van der Waals surface area contributed by atoms with E-state index in [4.69, 9.17) is 0 Å². The average Bonchev–Trinajstić information content (AvgIpc) is 2.74. The smallest absolute Gasteiger partial charge is 0.234 e. The highest BCUT2D eigenvalue weighted by molar-refractivity contribution is 5.78. The second kappa shape index (κ2) is 7.85. The number of carbonyl (C=O) groups is 1. The Bertz CT molecular complexity index is 275. The lowest BCUT2D eigenvalue weighted by Crippen LogP contribution is -2.45. The molecule has 2 aliphatic rings. The predicted octanol–water partition coefficient (Wildman–Crippen LogP) is 1.37. The zero-order chi connectivity index (χ0) is 13.5. The van der Waals surface area contributed by atoms with Gasteiger partial charge in [-0.05, 0) is 38.3 Å². The number of nitrogens with zero attached hydrogens (tertiary/aromatic N) is 1. The fraction of sp³-hybridized carbons (Fsp3) is 0.933. The maximum atomic E-state index is 12.2. The highest BCUT2D eigenvalue weighted by atomic mass is 16.2. The molecule has 0 spiro atoms. The largest absolute Gasteiger partial charge is 0.352 e. The quantitative estimate of drug-likeness (QED) is 0.759. The minimum absolute atomic E-state index is 0.223.